The van der Waals surface area contributed by atoms with Crippen LogP contribution in [-0.4, -0.2) is 126 Å². The zero-order chi connectivity index (χ0) is 45.1. The first-order chi connectivity index (χ1) is 30.8. The fourth-order valence-electron chi connectivity index (χ4n) is 8.41. The molecule has 18 heteroatoms. The number of benzene rings is 3. The van der Waals surface area contributed by atoms with Gasteiger partial charge in [-0.2, -0.15) is 12.7 Å². The lowest BCUT2D eigenvalue weighted by molar-refractivity contribution is -0.139. The van der Waals surface area contributed by atoms with Gasteiger partial charge >= 0.3 is 10.2 Å². The average Bonchev–Trinajstić information content (AvgIpc) is 3.72. The molecule has 3 N–H and O–H groups in total. The predicted molar refractivity (Wildman–Crippen MR) is 236 cm³/mol. The number of amides is 3. The Morgan fingerprint density at radius 3 is 2.31 bits per heavy atom. The number of ether oxygens (including phenoxy) is 1. The third-order valence-corrected chi connectivity index (χ3v) is 13.9. The number of nitrogens with one attached hydrogen (secondary N) is 3. The van der Waals surface area contributed by atoms with E-state index in [9.17, 15) is 27.6 Å². The first-order valence-electron chi connectivity index (χ1n) is 21.4. The summed E-state index contributed by atoms with van der Waals surface area (Å²) in [5.41, 5.74) is 2.67. The van der Waals surface area contributed by atoms with E-state index >= 15 is 8.78 Å². The number of aromatic nitrogens is 2. The molecular formula is C46H50F2N8O7S. The number of nitrogens with zero attached hydrogens (tertiary/aromatic N) is 5. The largest absolute Gasteiger partial charge is 0.481 e. The summed E-state index contributed by atoms with van der Waals surface area (Å²) in [6, 6.07) is 19.3. The van der Waals surface area contributed by atoms with Crippen LogP contribution in [0.5, 0.6) is 5.75 Å². The highest BCUT2D eigenvalue weighted by atomic mass is 32.2. The number of aromatic amines is 1. The van der Waals surface area contributed by atoms with Gasteiger partial charge in [0, 0.05) is 88.1 Å². The Kier molecular flexibility index (Phi) is 13.2. The fraction of sp³-hybridized carbons (Fsp3) is 0.370. The van der Waals surface area contributed by atoms with Crippen LogP contribution >= 0.6 is 0 Å². The molecule has 5 aromatic rings. The maximum Gasteiger partial charge on any atom is 0.301 e. The van der Waals surface area contributed by atoms with Crippen LogP contribution in [0.3, 0.4) is 0 Å². The van der Waals surface area contributed by atoms with Crippen molar-refractivity contribution in [2.24, 2.45) is 0 Å². The van der Waals surface area contributed by atoms with Crippen molar-refractivity contribution >= 4 is 50.4 Å². The lowest BCUT2D eigenvalue weighted by Crippen LogP contribution is -2.51. The van der Waals surface area contributed by atoms with Crippen molar-refractivity contribution in [1.82, 2.24) is 34.3 Å². The number of halogens is 2. The standard InChI is InChI=1S/C46H50F2N8O7S/c1-3-53(2)64(61,62)52-38-13-12-37(47)42(43(38)48)44(59)36-26-50-45-35(36)24-33(25-49-45)31-6-4-29(5-7-31)27-55-20-22-56(23-21-55)41(58)28-54-18-16-32(17-19-54)30-8-10-34(11-9-30)63-39-14-15-40(57)51-46(39)60/h4-13,24-26,32,39,52H,3,14-23,27-28H2,1-2H3,(H,49,50)(H,51,57,60). The van der Waals surface area contributed by atoms with Crippen molar-refractivity contribution in [3.63, 3.8) is 0 Å². The van der Waals surface area contributed by atoms with Crippen LogP contribution in [0.15, 0.2) is 79.1 Å². The zero-order valence-electron chi connectivity index (χ0n) is 35.6. The minimum absolute atomic E-state index is 0.0212. The normalized spacial score (nSPS) is 18.1. The van der Waals surface area contributed by atoms with Crippen LogP contribution in [0.2, 0.25) is 0 Å². The summed E-state index contributed by atoms with van der Waals surface area (Å²) in [4.78, 5) is 64.3. The molecule has 3 aliphatic rings. The number of ketones is 1. The van der Waals surface area contributed by atoms with Crippen molar-refractivity contribution in [2.45, 2.75) is 51.2 Å². The molecule has 3 saturated heterocycles. The van der Waals surface area contributed by atoms with Gasteiger partial charge in [0.05, 0.1) is 17.8 Å². The number of imide groups is 1. The summed E-state index contributed by atoms with van der Waals surface area (Å²) >= 11 is 0. The van der Waals surface area contributed by atoms with E-state index in [2.05, 4.69) is 29.8 Å². The number of carbonyl (C=O) groups excluding carboxylic acids is 4. The Hall–Kier alpha value is -6.08. The topological polar surface area (TPSA) is 177 Å². The quantitative estimate of drug-likeness (QED) is 0.101. The molecule has 3 amide bonds. The van der Waals surface area contributed by atoms with E-state index in [0.29, 0.717) is 60.9 Å². The van der Waals surface area contributed by atoms with E-state index in [1.807, 2.05) is 53.4 Å². The first kappa shape index (κ1) is 44.5. The van der Waals surface area contributed by atoms with Gasteiger partial charge in [-0.15, -0.1) is 0 Å². The number of piperidine rings is 2. The number of pyridine rings is 1. The van der Waals surface area contributed by atoms with Crippen molar-refractivity contribution in [2.75, 3.05) is 64.1 Å². The number of anilines is 1. The Bertz CT molecular complexity index is 2660. The van der Waals surface area contributed by atoms with Crippen LogP contribution in [-0.2, 0) is 31.1 Å². The highest BCUT2D eigenvalue weighted by Gasteiger charge is 2.30. The van der Waals surface area contributed by atoms with Gasteiger partial charge in [-0.05, 0) is 78.9 Å². The Morgan fingerprint density at radius 2 is 1.62 bits per heavy atom. The van der Waals surface area contributed by atoms with Crippen LogP contribution in [0, 0.1) is 11.6 Å². The van der Waals surface area contributed by atoms with Gasteiger partial charge < -0.3 is 14.6 Å². The highest BCUT2D eigenvalue weighted by Crippen LogP contribution is 2.32. The van der Waals surface area contributed by atoms with E-state index in [1.165, 1.54) is 18.8 Å². The monoisotopic (exact) mass is 896 g/mol. The van der Waals surface area contributed by atoms with Gasteiger partial charge in [0.2, 0.25) is 17.6 Å². The molecule has 8 rings (SSSR count). The maximum absolute atomic E-state index is 15.6. The van der Waals surface area contributed by atoms with Crippen LogP contribution in [0.25, 0.3) is 22.2 Å². The molecule has 3 aromatic carbocycles. The molecule has 2 aromatic heterocycles. The molecule has 0 aliphatic carbocycles. The van der Waals surface area contributed by atoms with E-state index < -0.39 is 50.9 Å². The second-order valence-corrected chi connectivity index (χ2v) is 18.3. The van der Waals surface area contributed by atoms with Gasteiger partial charge in [0.25, 0.3) is 5.91 Å². The highest BCUT2D eigenvalue weighted by molar-refractivity contribution is 7.90. The van der Waals surface area contributed by atoms with E-state index in [0.717, 1.165) is 66.6 Å². The number of carbonyl (C=O) groups is 4. The SMILES string of the molecule is CCN(C)S(=O)(=O)Nc1ccc(F)c(C(=O)c2c[nH]c3ncc(-c4ccc(CN5CCN(C(=O)CN6CCC(c7ccc(OC8CCC(=O)NC8=O)cc7)CC6)CC5)cc4)cc23)c1F. The molecule has 336 valence electrons. The summed E-state index contributed by atoms with van der Waals surface area (Å²) in [5.74, 6) is -2.99. The third-order valence-electron chi connectivity index (χ3n) is 12.4. The Labute approximate surface area is 369 Å². The van der Waals surface area contributed by atoms with E-state index in [4.69, 9.17) is 4.74 Å². The minimum Gasteiger partial charge on any atom is -0.481 e. The second-order valence-electron chi connectivity index (χ2n) is 16.5. The summed E-state index contributed by atoms with van der Waals surface area (Å²) < 4.78 is 64.6. The van der Waals surface area contributed by atoms with Gasteiger partial charge in [0.15, 0.2) is 11.9 Å². The molecule has 64 heavy (non-hydrogen) atoms. The Morgan fingerprint density at radius 1 is 0.906 bits per heavy atom. The first-order valence-corrected chi connectivity index (χ1v) is 22.9. The fourth-order valence-corrected chi connectivity index (χ4v) is 9.34. The van der Waals surface area contributed by atoms with Gasteiger partial charge in [0.1, 0.15) is 17.2 Å². The molecular weight excluding hydrogens is 847 g/mol. The van der Waals surface area contributed by atoms with Crippen LogP contribution in [0.4, 0.5) is 14.5 Å². The molecule has 0 saturated carbocycles. The molecule has 15 nitrogen and oxygen atoms in total. The summed E-state index contributed by atoms with van der Waals surface area (Å²) in [7, 11) is -2.84. The maximum atomic E-state index is 15.6. The van der Waals surface area contributed by atoms with Crippen molar-refractivity contribution in [3.8, 4) is 16.9 Å². The lowest BCUT2D eigenvalue weighted by Gasteiger charge is -2.37. The average molecular weight is 897 g/mol. The van der Waals surface area contributed by atoms with Crippen molar-refractivity contribution < 1.29 is 41.1 Å². The second kappa shape index (κ2) is 18.9. The molecule has 1 atom stereocenters. The van der Waals surface area contributed by atoms with Gasteiger partial charge in [-0.1, -0.05) is 43.3 Å². The molecule has 0 bridgehead atoms. The van der Waals surface area contributed by atoms with Crippen LogP contribution < -0.4 is 14.8 Å². The number of hydrogen-bond acceptors (Lipinski definition) is 10. The molecule has 0 spiro atoms. The van der Waals surface area contributed by atoms with Crippen molar-refractivity contribution in [3.05, 3.63) is 113 Å². The van der Waals surface area contributed by atoms with E-state index in [1.54, 1.807) is 19.2 Å². The molecule has 3 fully saturated rings. The number of fused-ring (bicyclic) bond motifs is 1. The Balaban J connectivity index is 0.812. The minimum atomic E-state index is -4.14. The molecule has 5 heterocycles. The number of H-pyrrole nitrogens is 1. The number of likely N-dealkylation sites (tertiary alicyclic amines) is 1. The number of rotatable bonds is 14. The summed E-state index contributed by atoms with van der Waals surface area (Å²) in [5, 5.41) is 2.67. The lowest BCUT2D eigenvalue weighted by atomic mass is 9.89. The molecule has 0 radical (unpaired) electrons. The van der Waals surface area contributed by atoms with Gasteiger partial charge in [-0.25, -0.2) is 13.8 Å². The zero-order valence-corrected chi connectivity index (χ0v) is 36.4. The smallest absolute Gasteiger partial charge is 0.301 e. The van der Waals surface area contributed by atoms with Crippen LogP contribution in [0.1, 0.15) is 65.6 Å². The predicted octanol–water partition coefficient (Wildman–Crippen LogP) is 5.06. The molecule has 1 unspecified atom stereocenters. The third kappa shape index (κ3) is 9.84. The van der Waals surface area contributed by atoms with E-state index in [-0.39, 0.29) is 30.3 Å². The van der Waals surface area contributed by atoms with Crippen molar-refractivity contribution in [1.29, 1.82) is 0 Å². The molecule has 3 aliphatic heterocycles. The van der Waals surface area contributed by atoms with Gasteiger partial charge in [-0.3, -0.25) is 39.0 Å². The summed E-state index contributed by atoms with van der Waals surface area (Å²) in [6.07, 6.45) is 4.82. The number of piperazine rings is 1. The summed E-state index contributed by atoms with van der Waals surface area (Å²) in [6.45, 7) is 7.25. The number of hydrogen-bond donors (Lipinski definition) is 3.